The maximum absolute atomic E-state index is 8.88. The first kappa shape index (κ1) is 23.4. The number of aromatic nitrogens is 4. The predicted octanol–water partition coefficient (Wildman–Crippen LogP) is 4.92. The summed E-state index contributed by atoms with van der Waals surface area (Å²) in [6.07, 6.45) is 1.37. The number of rotatable bonds is 7. The monoisotopic (exact) mass is 498 g/mol. The van der Waals surface area contributed by atoms with Gasteiger partial charge in [0.15, 0.2) is 5.13 Å². The van der Waals surface area contributed by atoms with Crippen LogP contribution in [-0.2, 0) is 6.54 Å². The number of hydrogen-bond acceptors (Lipinski definition) is 10. The van der Waals surface area contributed by atoms with Crippen LogP contribution in [0.3, 0.4) is 0 Å². The number of fused-ring (bicyclic) bond motifs is 2. The van der Waals surface area contributed by atoms with Crippen LogP contribution in [0.4, 0.5) is 16.8 Å². The van der Waals surface area contributed by atoms with Crippen molar-refractivity contribution in [2.24, 2.45) is 0 Å². The van der Waals surface area contributed by atoms with Gasteiger partial charge < -0.3 is 21.5 Å². The van der Waals surface area contributed by atoms with E-state index in [2.05, 4.69) is 33.3 Å². The molecular weight excluding hydrogens is 472 g/mol. The van der Waals surface area contributed by atoms with Gasteiger partial charge in [0.2, 0.25) is 5.88 Å². The first-order chi connectivity index (χ1) is 17.3. The Morgan fingerprint density at radius 1 is 1.11 bits per heavy atom. The molecule has 0 saturated heterocycles. The Labute approximate surface area is 212 Å². The highest BCUT2D eigenvalue weighted by Gasteiger charge is 2.18. The van der Waals surface area contributed by atoms with E-state index in [0.29, 0.717) is 34.5 Å². The minimum atomic E-state index is -0.0107. The van der Waals surface area contributed by atoms with Crippen LogP contribution in [0, 0.1) is 12.3 Å². The molecule has 0 aliphatic heterocycles. The SMILES string of the molecule is Cc1cccc2cc(CNc3ncnc(N)c3C(=N)c3ccc4nc(N)sc4c3)nc(OC(C)C)c12. The van der Waals surface area contributed by atoms with Gasteiger partial charge in [-0.05, 0) is 49.9 Å². The molecule has 0 fully saturated rings. The summed E-state index contributed by atoms with van der Waals surface area (Å²) >= 11 is 1.37. The standard InChI is InChI=1S/C26H26N8OS/c1-13(2)35-25-20-14(3)5-4-6-15(20)9-17(33-25)11-30-24-21(23(28)31-12-32-24)22(27)16-7-8-18-19(10-16)36-26(29)34-18/h4-10,12-13,27H,11H2,1-3H3,(H2,29,34)(H3,28,30,31,32). The van der Waals surface area contributed by atoms with E-state index in [1.165, 1.54) is 17.7 Å². The Bertz CT molecular complexity index is 1610. The average Bonchev–Trinajstić information content (AvgIpc) is 3.21. The summed E-state index contributed by atoms with van der Waals surface area (Å²) < 4.78 is 6.94. The molecule has 10 heteroatoms. The van der Waals surface area contributed by atoms with Crippen molar-refractivity contribution < 1.29 is 4.74 Å². The zero-order valence-electron chi connectivity index (χ0n) is 20.2. The van der Waals surface area contributed by atoms with Crippen molar-refractivity contribution in [1.29, 1.82) is 5.41 Å². The van der Waals surface area contributed by atoms with Crippen molar-refractivity contribution in [3.8, 4) is 5.88 Å². The van der Waals surface area contributed by atoms with Gasteiger partial charge >= 0.3 is 0 Å². The number of ether oxygens (including phenoxy) is 1. The Kier molecular flexibility index (Phi) is 6.11. The number of nitrogen functional groups attached to an aromatic ring is 2. The maximum Gasteiger partial charge on any atom is 0.222 e. The smallest absolute Gasteiger partial charge is 0.222 e. The molecule has 36 heavy (non-hydrogen) atoms. The number of benzene rings is 2. The third-order valence-electron chi connectivity index (χ3n) is 5.69. The molecule has 0 radical (unpaired) electrons. The lowest BCUT2D eigenvalue weighted by molar-refractivity contribution is 0.235. The second kappa shape index (κ2) is 9.38. The number of anilines is 3. The number of thiazole rings is 1. The molecule has 0 spiro atoms. The van der Waals surface area contributed by atoms with Gasteiger partial charge in [0.05, 0.1) is 39.8 Å². The largest absolute Gasteiger partial charge is 0.474 e. The van der Waals surface area contributed by atoms with Crippen molar-refractivity contribution in [2.75, 3.05) is 16.8 Å². The van der Waals surface area contributed by atoms with Gasteiger partial charge in [-0.2, -0.15) is 0 Å². The van der Waals surface area contributed by atoms with E-state index in [1.807, 2.05) is 50.2 Å². The molecule has 9 nitrogen and oxygen atoms in total. The molecule has 5 aromatic rings. The Morgan fingerprint density at radius 3 is 2.75 bits per heavy atom. The van der Waals surface area contributed by atoms with Crippen LogP contribution >= 0.6 is 11.3 Å². The summed E-state index contributed by atoms with van der Waals surface area (Å²) in [7, 11) is 0. The summed E-state index contributed by atoms with van der Waals surface area (Å²) in [6.45, 7) is 6.38. The number of hydrogen-bond donors (Lipinski definition) is 4. The van der Waals surface area contributed by atoms with Crippen LogP contribution in [0.15, 0.2) is 48.8 Å². The van der Waals surface area contributed by atoms with E-state index in [1.54, 1.807) is 0 Å². The van der Waals surface area contributed by atoms with Crippen LogP contribution in [0.5, 0.6) is 5.88 Å². The number of aryl methyl sites for hydroxylation is 1. The summed E-state index contributed by atoms with van der Waals surface area (Å²) in [4.78, 5) is 17.6. The van der Waals surface area contributed by atoms with Gasteiger partial charge in [0.25, 0.3) is 0 Å². The van der Waals surface area contributed by atoms with E-state index >= 15 is 0 Å². The van der Waals surface area contributed by atoms with Crippen LogP contribution in [-0.4, -0.2) is 31.8 Å². The summed E-state index contributed by atoms with van der Waals surface area (Å²) in [5.74, 6) is 1.27. The zero-order valence-corrected chi connectivity index (χ0v) is 21.0. The van der Waals surface area contributed by atoms with Gasteiger partial charge in [-0.3, -0.25) is 5.41 Å². The zero-order chi connectivity index (χ0) is 25.4. The fraction of sp³-hybridized carbons (Fsp3) is 0.192. The van der Waals surface area contributed by atoms with Crippen molar-refractivity contribution >= 4 is 54.8 Å². The highest BCUT2D eigenvalue weighted by atomic mass is 32.1. The van der Waals surface area contributed by atoms with Gasteiger partial charge in [0.1, 0.15) is 18.0 Å². The Morgan fingerprint density at radius 2 is 1.94 bits per heavy atom. The van der Waals surface area contributed by atoms with E-state index < -0.39 is 0 Å². The lowest BCUT2D eigenvalue weighted by Crippen LogP contribution is -2.14. The quantitative estimate of drug-likeness (QED) is 0.231. The maximum atomic E-state index is 8.88. The van der Waals surface area contributed by atoms with Gasteiger partial charge in [-0.15, -0.1) is 0 Å². The lowest BCUT2D eigenvalue weighted by Gasteiger charge is -2.16. The normalized spacial score (nSPS) is 11.3. The molecule has 0 unspecified atom stereocenters. The lowest BCUT2D eigenvalue weighted by atomic mass is 10.0. The minimum Gasteiger partial charge on any atom is -0.474 e. The highest BCUT2D eigenvalue weighted by molar-refractivity contribution is 7.22. The third kappa shape index (κ3) is 4.50. The second-order valence-electron chi connectivity index (χ2n) is 8.70. The summed E-state index contributed by atoms with van der Waals surface area (Å²) in [5, 5.41) is 14.7. The molecule has 0 amide bonds. The van der Waals surface area contributed by atoms with Crippen LogP contribution < -0.4 is 21.5 Å². The van der Waals surface area contributed by atoms with E-state index in [4.69, 9.17) is 26.6 Å². The number of nitrogens with two attached hydrogens (primary N) is 2. The van der Waals surface area contributed by atoms with Crippen molar-refractivity contribution in [2.45, 2.75) is 33.4 Å². The summed E-state index contributed by atoms with van der Waals surface area (Å²) in [6, 6.07) is 13.7. The fourth-order valence-electron chi connectivity index (χ4n) is 4.10. The first-order valence-electron chi connectivity index (χ1n) is 11.5. The van der Waals surface area contributed by atoms with Crippen molar-refractivity contribution in [3.05, 3.63) is 71.2 Å². The number of nitrogens with one attached hydrogen (secondary N) is 2. The van der Waals surface area contributed by atoms with Gasteiger partial charge in [0, 0.05) is 10.9 Å². The molecule has 0 atom stereocenters. The molecule has 0 aliphatic rings. The average molecular weight is 499 g/mol. The van der Waals surface area contributed by atoms with E-state index in [-0.39, 0.29) is 17.6 Å². The molecule has 0 aliphatic carbocycles. The van der Waals surface area contributed by atoms with E-state index in [0.717, 1.165) is 32.2 Å². The van der Waals surface area contributed by atoms with E-state index in [9.17, 15) is 0 Å². The van der Waals surface area contributed by atoms with Crippen molar-refractivity contribution in [1.82, 2.24) is 19.9 Å². The molecule has 3 heterocycles. The minimum absolute atomic E-state index is 0.0107. The molecule has 3 aromatic heterocycles. The first-order valence-corrected chi connectivity index (χ1v) is 12.3. The highest BCUT2D eigenvalue weighted by Crippen LogP contribution is 2.30. The van der Waals surface area contributed by atoms with Crippen LogP contribution in [0.25, 0.3) is 21.0 Å². The third-order valence-corrected chi connectivity index (χ3v) is 6.54. The topological polar surface area (TPSA) is 149 Å². The predicted molar refractivity (Wildman–Crippen MR) is 146 cm³/mol. The molecular formula is C26H26N8OS. The van der Waals surface area contributed by atoms with Gasteiger partial charge in [-0.1, -0.05) is 35.6 Å². The molecule has 6 N–H and O–H groups in total. The van der Waals surface area contributed by atoms with Crippen molar-refractivity contribution in [3.63, 3.8) is 0 Å². The molecule has 5 rings (SSSR count). The number of nitrogens with zero attached hydrogens (tertiary/aromatic N) is 4. The Balaban J connectivity index is 1.48. The van der Waals surface area contributed by atoms with Crippen LogP contribution in [0.1, 0.15) is 36.2 Å². The Hall–Kier alpha value is -4.31. The fourth-order valence-corrected chi connectivity index (χ4v) is 4.87. The van der Waals surface area contributed by atoms with Gasteiger partial charge in [-0.25, -0.2) is 19.9 Å². The molecule has 0 saturated carbocycles. The molecule has 0 bridgehead atoms. The molecule has 2 aromatic carbocycles. The summed E-state index contributed by atoms with van der Waals surface area (Å²) in [5.41, 5.74) is 16.0. The van der Waals surface area contributed by atoms with Crippen LogP contribution in [0.2, 0.25) is 0 Å². The molecule has 182 valence electrons. The second-order valence-corrected chi connectivity index (χ2v) is 9.77. The number of pyridine rings is 1.